The Morgan fingerprint density at radius 2 is 1.66 bits per heavy atom. The maximum Gasteiger partial charge on any atom is 0.265 e. The van der Waals surface area contributed by atoms with Crippen molar-refractivity contribution in [3.63, 3.8) is 0 Å². The van der Waals surface area contributed by atoms with Crippen LogP contribution >= 0.6 is 0 Å². The van der Waals surface area contributed by atoms with Crippen LogP contribution in [0.3, 0.4) is 0 Å². The molecular formula is C40H47NO9. The van der Waals surface area contributed by atoms with Crippen molar-refractivity contribution in [1.29, 1.82) is 0 Å². The second-order valence-corrected chi connectivity index (χ2v) is 14.6. The van der Waals surface area contributed by atoms with Gasteiger partial charge in [-0.05, 0) is 48.8 Å². The molecule has 2 atom stereocenters. The first-order valence-electron chi connectivity index (χ1n) is 17.8. The summed E-state index contributed by atoms with van der Waals surface area (Å²) in [5, 5.41) is 16.0. The van der Waals surface area contributed by atoms with Crippen LogP contribution in [0, 0.1) is 11.3 Å². The number of benzene rings is 1. The van der Waals surface area contributed by atoms with Crippen LogP contribution in [0.25, 0.3) is 11.3 Å². The Hall–Kier alpha value is -4.15. The lowest BCUT2D eigenvalue weighted by Crippen LogP contribution is -2.54. The van der Waals surface area contributed by atoms with Gasteiger partial charge in [0.15, 0.2) is 11.5 Å². The molecule has 1 heterocycles. The van der Waals surface area contributed by atoms with Crippen LogP contribution < -0.4 is 14.2 Å². The van der Waals surface area contributed by atoms with Crippen molar-refractivity contribution in [2.45, 2.75) is 90.8 Å². The Balaban J connectivity index is 1.55. The first-order valence-corrected chi connectivity index (χ1v) is 17.8. The zero-order valence-corrected chi connectivity index (χ0v) is 30.3. The number of unbranched alkanes of at least 4 members (excludes halogenated alkanes) is 2. The fraction of sp³-hybridized carbons (Fsp3) is 0.525. The Morgan fingerprint density at radius 1 is 0.960 bits per heavy atom. The maximum absolute atomic E-state index is 15.2. The van der Waals surface area contributed by atoms with Crippen molar-refractivity contribution in [1.82, 2.24) is 5.16 Å². The lowest BCUT2D eigenvalue weighted by atomic mass is 9.55. The number of rotatable bonds is 11. The molecule has 1 N–H and O–H groups in total. The highest BCUT2D eigenvalue weighted by molar-refractivity contribution is 6.38. The van der Waals surface area contributed by atoms with Crippen LogP contribution in [0.15, 0.2) is 45.0 Å². The molecule has 0 saturated heterocycles. The zero-order chi connectivity index (χ0) is 35.7. The lowest BCUT2D eigenvalue weighted by molar-refractivity contribution is -0.205. The number of ketones is 2. The number of allylic oxidation sites excluding steroid dienone is 4. The molecule has 1 aromatic carbocycles. The topological polar surface area (TPSA) is 127 Å². The summed E-state index contributed by atoms with van der Waals surface area (Å²) in [7, 11) is 4.64. The Morgan fingerprint density at radius 3 is 2.30 bits per heavy atom. The zero-order valence-electron chi connectivity index (χ0n) is 30.3. The Labute approximate surface area is 293 Å². The van der Waals surface area contributed by atoms with Crippen molar-refractivity contribution >= 4 is 22.9 Å². The molecule has 50 heavy (non-hydrogen) atoms. The summed E-state index contributed by atoms with van der Waals surface area (Å²) in [5.41, 5.74) is 3.14. The smallest absolute Gasteiger partial charge is 0.265 e. The van der Waals surface area contributed by atoms with Gasteiger partial charge in [-0.1, -0.05) is 58.3 Å². The van der Waals surface area contributed by atoms with Gasteiger partial charge in [-0.2, -0.15) is 0 Å². The molecule has 10 heteroatoms. The Bertz CT molecular complexity index is 1920. The van der Waals surface area contributed by atoms with Crippen LogP contribution in [-0.2, 0) is 26.1 Å². The maximum atomic E-state index is 15.2. The average Bonchev–Trinajstić information content (AvgIpc) is 3.68. The summed E-state index contributed by atoms with van der Waals surface area (Å²) in [5.74, 6) is -2.56. The summed E-state index contributed by atoms with van der Waals surface area (Å²) in [4.78, 5) is 30.2. The second kappa shape index (κ2) is 12.3. The van der Waals surface area contributed by atoms with Crippen LogP contribution in [0.1, 0.15) is 106 Å². The minimum atomic E-state index is -1.66. The predicted molar refractivity (Wildman–Crippen MR) is 187 cm³/mol. The van der Waals surface area contributed by atoms with Crippen LogP contribution in [0.2, 0.25) is 0 Å². The fourth-order valence-corrected chi connectivity index (χ4v) is 9.17. The molecule has 0 amide bonds. The number of ether oxygens (including phenoxy) is 5. The van der Waals surface area contributed by atoms with Gasteiger partial charge in [0.25, 0.3) is 5.88 Å². The third kappa shape index (κ3) is 4.36. The van der Waals surface area contributed by atoms with E-state index in [1.165, 1.54) is 14.2 Å². The quantitative estimate of drug-likeness (QED) is 0.109. The molecule has 0 saturated carbocycles. The third-order valence-electron chi connectivity index (χ3n) is 11.7. The standard InChI is InChI=1S/C40H47NO9/c1-9-11-16-48-24-19-26(45-6)33-27-22(20-39(33)21(3)14-13-15-38(39,4)5)32-31(36(44)29(24)27)35(43)28-23(40(32,46-7)47-8)18-25-30(34(28)42)37(41-50-25)49-17-12-10-2/h14,19-20,23,42H,9-13,15-18H2,1-8H3/t23-,39?/m0/s1. The number of methoxy groups -OCH3 is 3. The molecule has 266 valence electrons. The van der Waals surface area contributed by atoms with E-state index in [0.717, 1.165) is 49.7 Å². The molecule has 0 bridgehead atoms. The van der Waals surface area contributed by atoms with Gasteiger partial charge in [-0.15, -0.1) is 0 Å². The molecule has 0 fully saturated rings. The van der Waals surface area contributed by atoms with Gasteiger partial charge in [-0.3, -0.25) is 9.59 Å². The number of carbonyl (C=O) groups excluding carboxylic acids is 2. The van der Waals surface area contributed by atoms with E-state index in [4.69, 9.17) is 28.2 Å². The Kier molecular flexibility index (Phi) is 8.42. The molecule has 5 aliphatic carbocycles. The van der Waals surface area contributed by atoms with Crippen molar-refractivity contribution in [2.75, 3.05) is 34.5 Å². The fourth-order valence-electron chi connectivity index (χ4n) is 9.17. The molecular weight excluding hydrogens is 638 g/mol. The summed E-state index contributed by atoms with van der Waals surface area (Å²) in [6.45, 7) is 11.5. The molecule has 1 unspecified atom stereocenters. The predicted octanol–water partition coefficient (Wildman–Crippen LogP) is 7.65. The molecule has 1 aromatic heterocycles. The van der Waals surface area contributed by atoms with Crippen molar-refractivity contribution in [2.24, 2.45) is 11.3 Å². The van der Waals surface area contributed by atoms with Gasteiger partial charge < -0.3 is 33.3 Å². The molecule has 5 aliphatic rings. The highest BCUT2D eigenvalue weighted by atomic mass is 16.7. The number of hydrogen-bond donors (Lipinski definition) is 1. The number of fused-ring (bicyclic) bond motifs is 4. The number of hydrogen-bond acceptors (Lipinski definition) is 10. The van der Waals surface area contributed by atoms with E-state index in [-0.39, 0.29) is 40.2 Å². The summed E-state index contributed by atoms with van der Waals surface area (Å²) in [6.07, 6.45) is 9.73. The average molecular weight is 686 g/mol. The van der Waals surface area contributed by atoms with E-state index >= 15 is 4.79 Å². The summed E-state index contributed by atoms with van der Waals surface area (Å²) < 4.78 is 36.8. The van der Waals surface area contributed by atoms with Gasteiger partial charge >= 0.3 is 0 Å². The first kappa shape index (κ1) is 34.3. The number of carbonyl (C=O) groups is 2. The highest BCUT2D eigenvalue weighted by Gasteiger charge is 2.64. The largest absolute Gasteiger partial charge is 0.507 e. The second-order valence-electron chi connectivity index (χ2n) is 14.6. The van der Waals surface area contributed by atoms with Gasteiger partial charge in [0.2, 0.25) is 11.6 Å². The van der Waals surface area contributed by atoms with E-state index in [1.807, 2.05) is 6.92 Å². The minimum Gasteiger partial charge on any atom is -0.507 e. The van der Waals surface area contributed by atoms with Crippen molar-refractivity contribution < 1.29 is 42.9 Å². The van der Waals surface area contributed by atoms with Crippen LogP contribution in [-0.4, -0.2) is 62.2 Å². The monoisotopic (exact) mass is 685 g/mol. The molecule has 0 aliphatic heterocycles. The molecule has 1 spiro atoms. The normalized spacial score (nSPS) is 24.0. The van der Waals surface area contributed by atoms with E-state index in [2.05, 4.69) is 45.0 Å². The SMILES string of the molecule is CCCCOc1cc(OC)c2c3c1C(=O)C1=C(C3=CC23C(C)=CCCC3(C)C)C(OC)(OC)[C@H]2Cc3onc(OCCCC)c3C(O)=C2C1=O. The van der Waals surface area contributed by atoms with Gasteiger partial charge in [0, 0.05) is 48.8 Å². The van der Waals surface area contributed by atoms with Crippen molar-refractivity contribution in [3.8, 4) is 17.4 Å². The summed E-state index contributed by atoms with van der Waals surface area (Å²) >= 11 is 0. The van der Waals surface area contributed by atoms with Gasteiger partial charge in [0.1, 0.15) is 22.8 Å². The molecule has 0 radical (unpaired) electrons. The molecule has 7 rings (SSSR count). The van der Waals surface area contributed by atoms with Crippen molar-refractivity contribution in [3.05, 3.63) is 68.5 Å². The van der Waals surface area contributed by atoms with E-state index in [0.29, 0.717) is 52.7 Å². The highest BCUT2D eigenvalue weighted by Crippen LogP contribution is 2.67. The van der Waals surface area contributed by atoms with E-state index in [1.54, 1.807) is 13.2 Å². The number of aliphatic hydroxyl groups excluding tert-OH is 1. The molecule has 2 aromatic rings. The number of Topliss-reactive ketones (excluding diaryl/α,β-unsaturated/α-hetero) is 2. The lowest BCUT2D eigenvalue weighted by Gasteiger charge is -2.48. The van der Waals surface area contributed by atoms with Crippen LogP contribution in [0.5, 0.6) is 17.4 Å². The number of nitrogens with zero attached hydrogens (tertiary/aromatic N) is 1. The van der Waals surface area contributed by atoms with Gasteiger partial charge in [0.05, 0.1) is 43.0 Å². The van der Waals surface area contributed by atoms with E-state index < -0.39 is 28.7 Å². The number of aliphatic hydroxyl groups is 1. The van der Waals surface area contributed by atoms with Crippen LogP contribution in [0.4, 0.5) is 0 Å². The van der Waals surface area contributed by atoms with Gasteiger partial charge in [-0.25, -0.2) is 0 Å². The van der Waals surface area contributed by atoms with E-state index in [9.17, 15) is 9.90 Å². The first-order chi connectivity index (χ1) is 24.0. The third-order valence-corrected chi connectivity index (χ3v) is 11.7. The summed E-state index contributed by atoms with van der Waals surface area (Å²) in [6, 6.07) is 1.81. The number of aromatic nitrogens is 1. The molecule has 10 nitrogen and oxygen atoms in total. The minimum absolute atomic E-state index is 0.00450.